The number of nitrogens with one attached hydrogen (secondary N) is 1. The van der Waals surface area contributed by atoms with Gasteiger partial charge in [0.1, 0.15) is 5.60 Å². The molecule has 1 aliphatic carbocycles. The maximum Gasteiger partial charge on any atom is 0.407 e. The molecule has 2 fully saturated rings. The first kappa shape index (κ1) is 12.7. The van der Waals surface area contributed by atoms with Crippen LogP contribution in [0.3, 0.4) is 0 Å². The lowest BCUT2D eigenvalue weighted by atomic mass is 9.91. The summed E-state index contributed by atoms with van der Waals surface area (Å²) < 4.78 is 11.0. The highest BCUT2D eigenvalue weighted by Crippen LogP contribution is 2.35. The van der Waals surface area contributed by atoms with E-state index >= 15 is 0 Å². The minimum atomic E-state index is -0.426. The molecule has 0 aromatic heterocycles. The molecule has 3 atom stereocenters. The number of amides is 1. The van der Waals surface area contributed by atoms with Crippen molar-refractivity contribution in [2.24, 2.45) is 5.92 Å². The molecule has 1 saturated heterocycles. The number of rotatable bonds is 1. The molecule has 0 unspecified atom stereocenters. The van der Waals surface area contributed by atoms with Gasteiger partial charge in [0, 0.05) is 18.6 Å². The van der Waals surface area contributed by atoms with E-state index in [1.54, 1.807) is 0 Å². The SMILES string of the molecule is CC(C)(C)OC(=O)N[C@H]1CCO[C@H]2CCC[C@@H]12. The zero-order valence-corrected chi connectivity index (χ0v) is 11.0. The van der Waals surface area contributed by atoms with E-state index in [9.17, 15) is 4.79 Å². The highest BCUT2D eigenvalue weighted by molar-refractivity contribution is 5.68. The second-order valence-corrected chi connectivity index (χ2v) is 6.05. The Kier molecular flexibility index (Phi) is 3.61. The van der Waals surface area contributed by atoms with Crippen molar-refractivity contribution in [1.29, 1.82) is 0 Å². The molecule has 1 aliphatic heterocycles. The van der Waals surface area contributed by atoms with Crippen LogP contribution in [0.25, 0.3) is 0 Å². The van der Waals surface area contributed by atoms with Crippen LogP contribution in [0.5, 0.6) is 0 Å². The first-order valence-electron chi connectivity index (χ1n) is 6.57. The first-order valence-corrected chi connectivity index (χ1v) is 6.57. The van der Waals surface area contributed by atoms with Crippen LogP contribution in [0, 0.1) is 5.92 Å². The van der Waals surface area contributed by atoms with E-state index in [1.807, 2.05) is 20.8 Å². The standard InChI is InChI=1S/C13H23NO3/c1-13(2,3)17-12(15)14-10-7-8-16-11-6-4-5-9(10)11/h9-11H,4-8H2,1-3H3,(H,14,15)/t9-,10-,11-/m0/s1. The highest BCUT2D eigenvalue weighted by atomic mass is 16.6. The van der Waals surface area contributed by atoms with Gasteiger partial charge in [-0.15, -0.1) is 0 Å². The Hall–Kier alpha value is -0.770. The molecule has 0 aromatic carbocycles. The van der Waals surface area contributed by atoms with Gasteiger partial charge in [-0.1, -0.05) is 6.42 Å². The topological polar surface area (TPSA) is 47.6 Å². The number of fused-ring (bicyclic) bond motifs is 1. The predicted molar refractivity (Wildman–Crippen MR) is 64.9 cm³/mol. The van der Waals surface area contributed by atoms with Crippen molar-refractivity contribution < 1.29 is 14.3 Å². The first-order chi connectivity index (χ1) is 7.96. The Balaban J connectivity index is 1.87. The summed E-state index contributed by atoms with van der Waals surface area (Å²) in [5.41, 5.74) is -0.426. The highest BCUT2D eigenvalue weighted by Gasteiger charge is 2.38. The third-order valence-corrected chi connectivity index (χ3v) is 3.48. The van der Waals surface area contributed by atoms with E-state index in [-0.39, 0.29) is 12.1 Å². The Labute approximate surface area is 103 Å². The molecule has 4 nitrogen and oxygen atoms in total. The zero-order valence-electron chi connectivity index (χ0n) is 11.0. The van der Waals surface area contributed by atoms with Crippen LogP contribution in [-0.4, -0.2) is 30.4 Å². The molecular formula is C13H23NO3. The van der Waals surface area contributed by atoms with E-state index in [2.05, 4.69) is 5.32 Å². The second-order valence-electron chi connectivity index (χ2n) is 6.05. The van der Waals surface area contributed by atoms with Crippen LogP contribution in [0.1, 0.15) is 46.5 Å². The lowest BCUT2D eigenvalue weighted by molar-refractivity contribution is -0.0292. The van der Waals surface area contributed by atoms with Crippen molar-refractivity contribution in [2.45, 2.75) is 64.2 Å². The summed E-state index contributed by atoms with van der Waals surface area (Å²) >= 11 is 0. The van der Waals surface area contributed by atoms with Crippen LogP contribution in [0.4, 0.5) is 4.79 Å². The summed E-state index contributed by atoms with van der Waals surface area (Å²) in [5, 5.41) is 3.01. The van der Waals surface area contributed by atoms with Gasteiger partial charge in [0.15, 0.2) is 0 Å². The Morgan fingerprint density at radius 2 is 2.06 bits per heavy atom. The van der Waals surface area contributed by atoms with Gasteiger partial charge in [-0.3, -0.25) is 0 Å². The van der Waals surface area contributed by atoms with Gasteiger partial charge in [0.05, 0.1) is 6.10 Å². The molecule has 0 bridgehead atoms. The van der Waals surface area contributed by atoms with Gasteiger partial charge in [-0.05, 0) is 40.0 Å². The minimum Gasteiger partial charge on any atom is -0.444 e. The maximum atomic E-state index is 11.7. The predicted octanol–water partition coefficient (Wildman–Crippen LogP) is 2.47. The van der Waals surface area contributed by atoms with Gasteiger partial charge in [-0.2, -0.15) is 0 Å². The van der Waals surface area contributed by atoms with Crippen LogP contribution >= 0.6 is 0 Å². The fraction of sp³-hybridized carbons (Fsp3) is 0.923. The normalized spacial score (nSPS) is 33.0. The molecule has 1 heterocycles. The third kappa shape index (κ3) is 3.35. The number of carbonyl (C=O) groups excluding carboxylic acids is 1. The average molecular weight is 241 g/mol. The Morgan fingerprint density at radius 3 is 2.76 bits per heavy atom. The van der Waals surface area contributed by atoms with Crippen molar-refractivity contribution in [3.05, 3.63) is 0 Å². The number of carbonyl (C=O) groups is 1. The zero-order chi connectivity index (χ0) is 12.5. The smallest absolute Gasteiger partial charge is 0.407 e. The average Bonchev–Trinajstić information content (AvgIpc) is 2.63. The molecule has 2 rings (SSSR count). The number of alkyl carbamates (subject to hydrolysis) is 1. The second kappa shape index (κ2) is 4.84. The van der Waals surface area contributed by atoms with Crippen molar-refractivity contribution in [3.8, 4) is 0 Å². The molecular weight excluding hydrogens is 218 g/mol. The molecule has 4 heteroatoms. The van der Waals surface area contributed by atoms with Crippen LogP contribution in [-0.2, 0) is 9.47 Å². The fourth-order valence-corrected chi connectivity index (χ4v) is 2.82. The Morgan fingerprint density at radius 1 is 1.29 bits per heavy atom. The molecule has 1 N–H and O–H groups in total. The summed E-state index contributed by atoms with van der Waals surface area (Å²) in [6, 6.07) is 0.228. The van der Waals surface area contributed by atoms with Gasteiger partial charge in [0.25, 0.3) is 0 Å². The monoisotopic (exact) mass is 241 g/mol. The minimum absolute atomic E-state index is 0.228. The summed E-state index contributed by atoms with van der Waals surface area (Å²) in [4.78, 5) is 11.7. The molecule has 0 aromatic rings. The summed E-state index contributed by atoms with van der Waals surface area (Å²) in [5.74, 6) is 0.483. The van der Waals surface area contributed by atoms with Gasteiger partial charge < -0.3 is 14.8 Å². The van der Waals surface area contributed by atoms with Gasteiger partial charge in [0.2, 0.25) is 0 Å². The summed E-state index contributed by atoms with van der Waals surface area (Å²) in [7, 11) is 0. The molecule has 1 amide bonds. The van der Waals surface area contributed by atoms with Crippen LogP contribution in [0.2, 0.25) is 0 Å². The van der Waals surface area contributed by atoms with E-state index in [4.69, 9.17) is 9.47 Å². The van der Waals surface area contributed by atoms with Crippen molar-refractivity contribution in [1.82, 2.24) is 5.32 Å². The lowest BCUT2D eigenvalue weighted by Crippen LogP contribution is -2.48. The Bertz CT molecular complexity index is 285. The number of ether oxygens (including phenoxy) is 2. The van der Waals surface area contributed by atoms with E-state index < -0.39 is 5.60 Å². The van der Waals surface area contributed by atoms with Gasteiger partial charge in [-0.25, -0.2) is 4.79 Å². The van der Waals surface area contributed by atoms with Crippen LogP contribution in [0.15, 0.2) is 0 Å². The molecule has 1 saturated carbocycles. The third-order valence-electron chi connectivity index (χ3n) is 3.48. The quantitative estimate of drug-likeness (QED) is 0.767. The molecule has 98 valence electrons. The van der Waals surface area contributed by atoms with E-state index in [1.165, 1.54) is 6.42 Å². The molecule has 0 radical (unpaired) electrons. The summed E-state index contributed by atoms with van der Waals surface area (Å²) in [6.45, 7) is 6.40. The van der Waals surface area contributed by atoms with Crippen molar-refractivity contribution in [3.63, 3.8) is 0 Å². The van der Waals surface area contributed by atoms with E-state index in [0.717, 1.165) is 25.9 Å². The fourth-order valence-electron chi connectivity index (χ4n) is 2.82. The molecule has 17 heavy (non-hydrogen) atoms. The largest absolute Gasteiger partial charge is 0.444 e. The lowest BCUT2D eigenvalue weighted by Gasteiger charge is -2.34. The summed E-state index contributed by atoms with van der Waals surface area (Å²) in [6.07, 6.45) is 4.46. The van der Waals surface area contributed by atoms with Crippen molar-refractivity contribution in [2.75, 3.05) is 6.61 Å². The molecule has 2 aliphatic rings. The maximum absolute atomic E-state index is 11.7. The van der Waals surface area contributed by atoms with Gasteiger partial charge >= 0.3 is 6.09 Å². The van der Waals surface area contributed by atoms with E-state index in [0.29, 0.717) is 12.0 Å². The van der Waals surface area contributed by atoms with Crippen molar-refractivity contribution >= 4 is 6.09 Å². The number of hydrogen-bond acceptors (Lipinski definition) is 3. The number of hydrogen-bond donors (Lipinski definition) is 1. The van der Waals surface area contributed by atoms with Crippen LogP contribution < -0.4 is 5.32 Å². The molecule has 0 spiro atoms.